The van der Waals surface area contributed by atoms with Crippen molar-refractivity contribution in [1.82, 2.24) is 0 Å². The first-order valence-corrected chi connectivity index (χ1v) is 5.50. The summed E-state index contributed by atoms with van der Waals surface area (Å²) >= 11 is 0. The van der Waals surface area contributed by atoms with Gasteiger partial charge in [-0.05, 0) is 25.3 Å². The van der Waals surface area contributed by atoms with E-state index in [1.54, 1.807) is 6.08 Å². The Morgan fingerprint density at radius 1 is 1.07 bits per heavy atom. The van der Waals surface area contributed by atoms with Crippen LogP contribution in [0.5, 0.6) is 0 Å². The van der Waals surface area contributed by atoms with Gasteiger partial charge in [0.1, 0.15) is 5.78 Å². The third-order valence-electron chi connectivity index (χ3n) is 3.50. The van der Waals surface area contributed by atoms with Crippen LogP contribution in [0.2, 0.25) is 0 Å². The summed E-state index contributed by atoms with van der Waals surface area (Å²) in [5, 5.41) is 0. The van der Waals surface area contributed by atoms with E-state index in [0.717, 1.165) is 25.7 Å². The molecule has 76 valence electrons. The number of allylic oxidation sites excluding steroid dienone is 2. The van der Waals surface area contributed by atoms with Crippen LogP contribution in [0.15, 0.2) is 12.2 Å². The fourth-order valence-corrected chi connectivity index (χ4v) is 2.55. The van der Waals surface area contributed by atoms with Gasteiger partial charge in [0.15, 0.2) is 5.78 Å². The van der Waals surface area contributed by atoms with Crippen molar-refractivity contribution in [3.8, 4) is 0 Å². The normalized spacial score (nSPS) is 33.4. The monoisotopic (exact) mass is 192 g/mol. The molecule has 1 fully saturated rings. The topological polar surface area (TPSA) is 34.1 Å². The summed E-state index contributed by atoms with van der Waals surface area (Å²) in [6.45, 7) is 0. The van der Waals surface area contributed by atoms with Crippen molar-refractivity contribution in [2.45, 2.75) is 44.9 Å². The molecular formula is C12H16O2. The van der Waals surface area contributed by atoms with Crippen molar-refractivity contribution in [1.29, 1.82) is 0 Å². The molecule has 2 nitrogen and oxygen atoms in total. The van der Waals surface area contributed by atoms with E-state index in [1.807, 2.05) is 6.08 Å². The third-order valence-corrected chi connectivity index (χ3v) is 3.50. The zero-order valence-corrected chi connectivity index (χ0v) is 8.42. The van der Waals surface area contributed by atoms with Gasteiger partial charge < -0.3 is 0 Å². The number of carbonyl (C=O) groups excluding carboxylic acids is 2. The molecule has 0 aliphatic heterocycles. The summed E-state index contributed by atoms with van der Waals surface area (Å²) in [6.07, 6.45) is 9.80. The molecule has 0 aromatic heterocycles. The minimum Gasteiger partial charge on any atom is -0.299 e. The molecule has 2 aliphatic rings. The second kappa shape index (κ2) is 3.68. The Bertz CT molecular complexity index is 291. The Labute approximate surface area is 84.4 Å². The van der Waals surface area contributed by atoms with E-state index in [1.165, 1.54) is 6.42 Å². The van der Waals surface area contributed by atoms with Gasteiger partial charge in [0.05, 0.1) is 5.41 Å². The average Bonchev–Trinajstić information content (AvgIpc) is 2.52. The zero-order chi connectivity index (χ0) is 10.0. The number of carbonyl (C=O) groups is 2. The van der Waals surface area contributed by atoms with E-state index < -0.39 is 5.41 Å². The Hall–Kier alpha value is -0.920. The van der Waals surface area contributed by atoms with Gasteiger partial charge in [-0.1, -0.05) is 25.3 Å². The molecule has 0 saturated heterocycles. The van der Waals surface area contributed by atoms with E-state index in [9.17, 15) is 9.59 Å². The number of Topliss-reactive ketones (excluding diaryl/α,β-unsaturated/α-hetero) is 1. The first-order valence-electron chi connectivity index (χ1n) is 5.50. The predicted octanol–water partition coefficient (Wildman–Crippen LogP) is 2.43. The van der Waals surface area contributed by atoms with Gasteiger partial charge in [0.25, 0.3) is 0 Å². The molecule has 0 radical (unpaired) electrons. The highest BCUT2D eigenvalue weighted by Gasteiger charge is 2.44. The van der Waals surface area contributed by atoms with Crippen LogP contribution in [-0.2, 0) is 9.59 Å². The van der Waals surface area contributed by atoms with Crippen molar-refractivity contribution in [2.75, 3.05) is 0 Å². The molecule has 2 heteroatoms. The van der Waals surface area contributed by atoms with Crippen LogP contribution >= 0.6 is 0 Å². The van der Waals surface area contributed by atoms with Crippen molar-refractivity contribution in [2.24, 2.45) is 5.41 Å². The number of rotatable bonds is 0. The molecule has 2 aliphatic carbocycles. The maximum Gasteiger partial charge on any atom is 0.169 e. The van der Waals surface area contributed by atoms with Gasteiger partial charge in [-0.2, -0.15) is 0 Å². The Morgan fingerprint density at radius 3 is 2.57 bits per heavy atom. The van der Waals surface area contributed by atoms with Crippen LogP contribution in [0.25, 0.3) is 0 Å². The lowest BCUT2D eigenvalue weighted by atomic mass is 9.73. The van der Waals surface area contributed by atoms with E-state index in [4.69, 9.17) is 0 Å². The molecule has 0 bridgehead atoms. The zero-order valence-electron chi connectivity index (χ0n) is 8.42. The first-order chi connectivity index (χ1) is 6.76. The van der Waals surface area contributed by atoms with Gasteiger partial charge in [0.2, 0.25) is 0 Å². The highest BCUT2D eigenvalue weighted by Crippen LogP contribution is 2.39. The fourth-order valence-electron chi connectivity index (χ4n) is 2.55. The summed E-state index contributed by atoms with van der Waals surface area (Å²) in [5.74, 6) is 0.247. The Morgan fingerprint density at radius 2 is 1.86 bits per heavy atom. The van der Waals surface area contributed by atoms with Crippen molar-refractivity contribution in [3.05, 3.63) is 12.2 Å². The number of hydrogen-bond donors (Lipinski definition) is 0. The summed E-state index contributed by atoms with van der Waals surface area (Å²) in [4.78, 5) is 23.7. The highest BCUT2D eigenvalue weighted by atomic mass is 16.2. The van der Waals surface area contributed by atoms with Gasteiger partial charge in [-0.25, -0.2) is 0 Å². The second-order valence-electron chi connectivity index (χ2n) is 4.39. The summed E-state index contributed by atoms with van der Waals surface area (Å²) < 4.78 is 0. The van der Waals surface area contributed by atoms with Crippen LogP contribution < -0.4 is 0 Å². The van der Waals surface area contributed by atoms with Crippen LogP contribution in [-0.4, -0.2) is 11.6 Å². The van der Waals surface area contributed by atoms with Crippen LogP contribution in [0.3, 0.4) is 0 Å². The molecule has 1 spiro atoms. The Kier molecular flexibility index (Phi) is 2.53. The van der Waals surface area contributed by atoms with E-state index in [0.29, 0.717) is 12.8 Å². The molecule has 14 heavy (non-hydrogen) atoms. The molecule has 0 unspecified atom stereocenters. The lowest BCUT2D eigenvalue weighted by molar-refractivity contribution is -0.138. The standard InChI is InChI=1S/C12H16O2/c13-10-6-3-1-2-4-8-12(10)9-5-7-11(12)14/h5,7H,1-4,6,8-9H2/t12-/m1/s1. The molecule has 1 saturated carbocycles. The first kappa shape index (κ1) is 9.63. The van der Waals surface area contributed by atoms with Gasteiger partial charge in [0, 0.05) is 6.42 Å². The van der Waals surface area contributed by atoms with Crippen LogP contribution in [0, 0.1) is 5.41 Å². The van der Waals surface area contributed by atoms with E-state index in [-0.39, 0.29) is 11.6 Å². The SMILES string of the molecule is O=C1C=CC[C@@]12CCCCCCC2=O. The van der Waals surface area contributed by atoms with Gasteiger partial charge in [-0.15, -0.1) is 0 Å². The lowest BCUT2D eigenvalue weighted by Gasteiger charge is -2.27. The summed E-state index contributed by atoms with van der Waals surface area (Å²) in [7, 11) is 0. The van der Waals surface area contributed by atoms with Crippen molar-refractivity contribution >= 4 is 11.6 Å². The van der Waals surface area contributed by atoms with Gasteiger partial charge in [-0.3, -0.25) is 9.59 Å². The molecule has 1 atom stereocenters. The molecular weight excluding hydrogens is 176 g/mol. The van der Waals surface area contributed by atoms with Crippen molar-refractivity contribution < 1.29 is 9.59 Å². The second-order valence-corrected chi connectivity index (χ2v) is 4.39. The van der Waals surface area contributed by atoms with Crippen LogP contribution in [0.4, 0.5) is 0 Å². The largest absolute Gasteiger partial charge is 0.299 e. The maximum atomic E-state index is 11.9. The van der Waals surface area contributed by atoms with Gasteiger partial charge >= 0.3 is 0 Å². The quantitative estimate of drug-likeness (QED) is 0.552. The van der Waals surface area contributed by atoms with Crippen molar-refractivity contribution in [3.63, 3.8) is 0 Å². The fraction of sp³-hybridized carbons (Fsp3) is 0.667. The van der Waals surface area contributed by atoms with E-state index in [2.05, 4.69) is 0 Å². The molecule has 0 amide bonds. The number of ketones is 2. The maximum absolute atomic E-state index is 11.9. The average molecular weight is 192 g/mol. The Balaban J connectivity index is 2.21. The minimum atomic E-state index is -0.625. The predicted molar refractivity (Wildman–Crippen MR) is 53.9 cm³/mol. The lowest BCUT2D eigenvalue weighted by Crippen LogP contribution is -2.36. The number of hydrogen-bond acceptors (Lipinski definition) is 2. The summed E-state index contributed by atoms with van der Waals surface area (Å²) in [5.41, 5.74) is -0.625. The molecule has 0 heterocycles. The molecule has 0 aromatic rings. The smallest absolute Gasteiger partial charge is 0.169 e. The van der Waals surface area contributed by atoms with Crippen LogP contribution in [0.1, 0.15) is 44.9 Å². The molecule has 0 aromatic carbocycles. The highest BCUT2D eigenvalue weighted by molar-refractivity contribution is 6.13. The molecule has 0 N–H and O–H groups in total. The molecule has 2 rings (SSSR count). The minimum absolute atomic E-state index is 0.0596. The van der Waals surface area contributed by atoms with E-state index >= 15 is 0 Å². The summed E-state index contributed by atoms with van der Waals surface area (Å²) in [6, 6.07) is 0. The third kappa shape index (κ3) is 1.43.